The summed E-state index contributed by atoms with van der Waals surface area (Å²) in [6.07, 6.45) is 5.61. The monoisotopic (exact) mass is 305 g/mol. The molecule has 0 aliphatic heterocycles. The lowest BCUT2D eigenvalue weighted by Crippen LogP contribution is -2.41. The van der Waals surface area contributed by atoms with Crippen LogP contribution < -0.4 is 15.6 Å². The first kappa shape index (κ1) is 15.9. The second kappa shape index (κ2) is 6.99. The number of nitrogens with zero attached hydrogens (tertiary/aromatic N) is 3. The van der Waals surface area contributed by atoms with Gasteiger partial charge in [-0.25, -0.2) is 4.57 Å². The number of rotatable bonds is 7. The number of carboxylic acid groups (broad SMARTS) is 1. The number of hydrogen-bond acceptors (Lipinski definition) is 5. The van der Waals surface area contributed by atoms with E-state index in [0.29, 0.717) is 31.0 Å². The fourth-order valence-corrected chi connectivity index (χ4v) is 1.98. The number of nitrogens with two attached hydrogens (primary N) is 1. The summed E-state index contributed by atoms with van der Waals surface area (Å²) in [5.41, 5.74) is 8.25. The van der Waals surface area contributed by atoms with E-state index in [2.05, 4.69) is 26.3 Å². The van der Waals surface area contributed by atoms with Gasteiger partial charge in [-0.1, -0.05) is 21.6 Å². The zero-order valence-electron chi connectivity index (χ0n) is 12.7. The molecule has 1 atom stereocenters. The maximum absolute atomic E-state index is 10.8. The number of aliphatic carboxylic acids is 1. The molecule has 0 aromatic carbocycles. The highest BCUT2D eigenvalue weighted by Gasteiger charge is 2.18. The van der Waals surface area contributed by atoms with Gasteiger partial charge in [0.2, 0.25) is 12.1 Å². The van der Waals surface area contributed by atoms with Crippen LogP contribution in [0.5, 0.6) is 0 Å². The fourth-order valence-electron chi connectivity index (χ4n) is 1.98. The van der Waals surface area contributed by atoms with Crippen molar-refractivity contribution in [2.45, 2.75) is 32.9 Å². The normalized spacial score (nSPS) is 12.1. The predicted octanol–water partition coefficient (Wildman–Crippen LogP) is 0.426. The molecule has 118 valence electrons. The highest BCUT2D eigenvalue weighted by Crippen LogP contribution is 2.13. The molecule has 0 aliphatic rings. The van der Waals surface area contributed by atoms with Crippen LogP contribution in [0.2, 0.25) is 0 Å². The summed E-state index contributed by atoms with van der Waals surface area (Å²) in [7, 11) is 0. The van der Waals surface area contributed by atoms with Crippen molar-refractivity contribution in [2.75, 3.05) is 11.9 Å². The first-order valence-electron chi connectivity index (χ1n) is 7.06. The quantitative estimate of drug-likeness (QED) is 0.435. The minimum atomic E-state index is -1.01. The lowest BCUT2D eigenvalue weighted by Gasteiger charge is -2.06. The van der Waals surface area contributed by atoms with Crippen LogP contribution in [0, 0.1) is 0 Å². The van der Waals surface area contributed by atoms with Crippen LogP contribution in [-0.2, 0) is 11.3 Å². The number of carboxylic acids is 1. The maximum Gasteiger partial charge on any atom is 0.320 e. The number of imidazole rings is 1. The minimum Gasteiger partial charge on any atom is -0.480 e. The van der Waals surface area contributed by atoms with Gasteiger partial charge in [-0.3, -0.25) is 4.79 Å². The molecule has 5 N–H and O–H groups in total. The molecule has 0 bridgehead atoms. The van der Waals surface area contributed by atoms with Crippen LogP contribution in [0.25, 0.3) is 11.2 Å². The van der Waals surface area contributed by atoms with Crippen molar-refractivity contribution < 1.29 is 14.5 Å². The van der Waals surface area contributed by atoms with Crippen molar-refractivity contribution in [3.8, 4) is 0 Å². The Bertz CT molecular complexity index is 690. The average molecular weight is 305 g/mol. The van der Waals surface area contributed by atoms with Gasteiger partial charge < -0.3 is 21.1 Å². The number of anilines is 1. The SMILES string of the molecule is CC(C)=CCNc1nc[n+](CC[C@H](N)C(=O)O)c2nc[nH]c12. The number of aryl methyl sites for hydroxylation is 1. The number of aromatic amines is 1. The van der Waals surface area contributed by atoms with Gasteiger partial charge in [0.25, 0.3) is 5.65 Å². The third-order valence-corrected chi connectivity index (χ3v) is 3.23. The maximum atomic E-state index is 10.8. The Kier molecular flexibility index (Phi) is 5.05. The highest BCUT2D eigenvalue weighted by molar-refractivity contribution is 5.79. The number of fused-ring (bicyclic) bond motifs is 1. The second-order valence-electron chi connectivity index (χ2n) is 5.28. The summed E-state index contributed by atoms with van der Waals surface area (Å²) in [4.78, 5) is 22.5. The first-order valence-corrected chi connectivity index (χ1v) is 7.06. The molecular formula is C14H21N6O2+. The third kappa shape index (κ3) is 3.79. The smallest absolute Gasteiger partial charge is 0.320 e. The minimum absolute atomic E-state index is 0.314. The molecule has 0 saturated heterocycles. The van der Waals surface area contributed by atoms with Gasteiger partial charge in [-0.2, -0.15) is 0 Å². The van der Waals surface area contributed by atoms with Crippen molar-refractivity contribution in [3.63, 3.8) is 0 Å². The van der Waals surface area contributed by atoms with E-state index in [4.69, 9.17) is 10.8 Å². The number of carbonyl (C=O) groups is 1. The summed E-state index contributed by atoms with van der Waals surface area (Å²) in [5.74, 6) is -0.296. The summed E-state index contributed by atoms with van der Waals surface area (Å²) >= 11 is 0. The van der Waals surface area contributed by atoms with E-state index in [1.807, 2.05) is 13.8 Å². The molecule has 0 saturated carbocycles. The largest absolute Gasteiger partial charge is 0.480 e. The topological polar surface area (TPSA) is 121 Å². The number of hydrogen-bond donors (Lipinski definition) is 4. The van der Waals surface area contributed by atoms with Gasteiger partial charge in [0.15, 0.2) is 11.8 Å². The summed E-state index contributed by atoms with van der Waals surface area (Å²) in [6, 6.07) is -0.892. The van der Waals surface area contributed by atoms with Crippen LogP contribution in [0.4, 0.5) is 5.82 Å². The predicted molar refractivity (Wildman–Crippen MR) is 82.2 cm³/mol. The standard InChI is InChI=1S/C14H20N6O2/c1-9(2)3-5-16-12-11-13(18-7-17-11)20(8-19-12)6-4-10(15)14(21)22/h3,7-8,10H,4-6,15H2,1-2H3,(H2,16,17,18,21,22)/p+1/t10-/m0/s1. The molecule has 0 fully saturated rings. The average Bonchev–Trinajstić information content (AvgIpc) is 2.95. The van der Waals surface area contributed by atoms with E-state index in [9.17, 15) is 4.79 Å². The highest BCUT2D eigenvalue weighted by atomic mass is 16.4. The fraction of sp³-hybridized carbons (Fsp3) is 0.429. The summed E-state index contributed by atoms with van der Waals surface area (Å²) in [5, 5.41) is 12.1. The van der Waals surface area contributed by atoms with E-state index in [-0.39, 0.29) is 0 Å². The van der Waals surface area contributed by atoms with Gasteiger partial charge in [-0.05, 0) is 13.8 Å². The Morgan fingerprint density at radius 2 is 2.32 bits per heavy atom. The van der Waals surface area contributed by atoms with Crippen LogP contribution in [0.3, 0.4) is 0 Å². The molecule has 0 radical (unpaired) electrons. The van der Waals surface area contributed by atoms with Crippen LogP contribution >= 0.6 is 0 Å². The molecule has 22 heavy (non-hydrogen) atoms. The second-order valence-corrected chi connectivity index (χ2v) is 5.28. The van der Waals surface area contributed by atoms with Crippen molar-refractivity contribution in [1.29, 1.82) is 0 Å². The number of nitrogens with one attached hydrogen (secondary N) is 2. The number of allylic oxidation sites excluding steroid dienone is 1. The van der Waals surface area contributed by atoms with E-state index in [1.54, 1.807) is 17.2 Å². The van der Waals surface area contributed by atoms with E-state index in [1.165, 1.54) is 5.57 Å². The van der Waals surface area contributed by atoms with Crippen LogP contribution in [0.1, 0.15) is 20.3 Å². The van der Waals surface area contributed by atoms with E-state index < -0.39 is 12.0 Å². The Morgan fingerprint density at radius 3 is 3.00 bits per heavy atom. The van der Waals surface area contributed by atoms with E-state index in [0.717, 1.165) is 5.52 Å². The molecule has 2 aromatic heterocycles. The van der Waals surface area contributed by atoms with Crippen molar-refractivity contribution in [1.82, 2.24) is 15.0 Å². The molecule has 2 rings (SSSR count). The van der Waals surface area contributed by atoms with E-state index >= 15 is 0 Å². The molecule has 0 spiro atoms. The molecule has 8 heteroatoms. The Morgan fingerprint density at radius 1 is 1.55 bits per heavy atom. The van der Waals surface area contributed by atoms with Crippen LogP contribution in [0.15, 0.2) is 24.3 Å². The van der Waals surface area contributed by atoms with Gasteiger partial charge in [0.1, 0.15) is 6.04 Å². The Hall–Kier alpha value is -2.48. The lowest BCUT2D eigenvalue weighted by atomic mass is 10.2. The molecule has 2 heterocycles. The van der Waals surface area contributed by atoms with Gasteiger partial charge in [0.05, 0.1) is 6.54 Å². The zero-order chi connectivity index (χ0) is 16.1. The summed E-state index contributed by atoms with van der Waals surface area (Å²) < 4.78 is 1.79. The Balaban J connectivity index is 2.16. The molecule has 0 amide bonds. The molecule has 2 aromatic rings. The van der Waals surface area contributed by atoms with Gasteiger partial charge in [0, 0.05) is 13.0 Å². The number of aromatic nitrogens is 4. The van der Waals surface area contributed by atoms with Crippen molar-refractivity contribution >= 4 is 23.0 Å². The molecular weight excluding hydrogens is 284 g/mol. The number of H-pyrrole nitrogens is 1. The van der Waals surface area contributed by atoms with Crippen LogP contribution in [-0.4, -0.2) is 38.6 Å². The molecule has 8 nitrogen and oxygen atoms in total. The zero-order valence-corrected chi connectivity index (χ0v) is 12.7. The lowest BCUT2D eigenvalue weighted by molar-refractivity contribution is -0.676. The molecule has 0 aliphatic carbocycles. The first-order chi connectivity index (χ1) is 10.5. The van der Waals surface area contributed by atoms with Crippen molar-refractivity contribution in [3.05, 3.63) is 24.3 Å². The van der Waals surface area contributed by atoms with Gasteiger partial charge in [-0.15, -0.1) is 0 Å². The Labute approximate surface area is 128 Å². The summed E-state index contributed by atoms with van der Waals surface area (Å²) in [6.45, 7) is 5.19. The van der Waals surface area contributed by atoms with Gasteiger partial charge >= 0.3 is 5.97 Å². The third-order valence-electron chi connectivity index (χ3n) is 3.23. The van der Waals surface area contributed by atoms with Crippen molar-refractivity contribution in [2.24, 2.45) is 5.73 Å². The molecule has 0 unspecified atom stereocenters.